The molecule has 2 aromatic rings. The van der Waals surface area contributed by atoms with Crippen LogP contribution in [0.3, 0.4) is 0 Å². The van der Waals surface area contributed by atoms with Gasteiger partial charge in [-0.3, -0.25) is 4.79 Å². The average molecular weight is 407 g/mol. The Morgan fingerprint density at radius 2 is 1.73 bits per heavy atom. The van der Waals surface area contributed by atoms with E-state index in [2.05, 4.69) is 53.8 Å². The molecule has 6 nitrogen and oxygen atoms in total. The van der Waals surface area contributed by atoms with E-state index < -0.39 is 0 Å². The van der Waals surface area contributed by atoms with Crippen LogP contribution in [0.15, 0.2) is 36.5 Å². The number of amides is 1. The van der Waals surface area contributed by atoms with E-state index in [-0.39, 0.29) is 18.0 Å². The summed E-state index contributed by atoms with van der Waals surface area (Å²) in [6.07, 6.45) is 4.49. The van der Waals surface area contributed by atoms with Gasteiger partial charge in [-0.05, 0) is 69.0 Å². The molecular formula is C24H30N4O2. The zero-order valence-electron chi connectivity index (χ0n) is 18.0. The summed E-state index contributed by atoms with van der Waals surface area (Å²) in [7, 11) is 0. The average Bonchev–Trinajstić information content (AvgIpc) is 3.13. The van der Waals surface area contributed by atoms with Crippen LogP contribution in [0.1, 0.15) is 41.3 Å². The number of aldehydes is 1. The van der Waals surface area contributed by atoms with E-state index in [1.54, 1.807) is 6.20 Å². The predicted octanol–water partition coefficient (Wildman–Crippen LogP) is 3.22. The van der Waals surface area contributed by atoms with E-state index >= 15 is 0 Å². The van der Waals surface area contributed by atoms with Gasteiger partial charge in [0, 0.05) is 44.1 Å². The normalized spacial score (nSPS) is 21.8. The lowest BCUT2D eigenvalue weighted by atomic mass is 10.1. The van der Waals surface area contributed by atoms with Crippen molar-refractivity contribution in [3.63, 3.8) is 0 Å². The summed E-state index contributed by atoms with van der Waals surface area (Å²) >= 11 is 0. The minimum atomic E-state index is -0.118. The van der Waals surface area contributed by atoms with Gasteiger partial charge in [0.2, 0.25) is 0 Å². The van der Waals surface area contributed by atoms with Crippen molar-refractivity contribution in [1.82, 2.24) is 9.88 Å². The largest absolute Gasteiger partial charge is 0.368 e. The highest BCUT2D eigenvalue weighted by molar-refractivity contribution is 5.94. The van der Waals surface area contributed by atoms with Crippen molar-refractivity contribution >= 4 is 23.7 Å². The number of carbonyl (C=O) groups excluding carboxylic acids is 2. The Morgan fingerprint density at radius 1 is 1.03 bits per heavy atom. The second-order valence-electron chi connectivity index (χ2n) is 8.57. The molecule has 1 aromatic carbocycles. The molecule has 30 heavy (non-hydrogen) atoms. The lowest BCUT2D eigenvalue weighted by Crippen LogP contribution is -2.48. The quantitative estimate of drug-likeness (QED) is 0.730. The van der Waals surface area contributed by atoms with Crippen molar-refractivity contribution in [3.05, 3.63) is 53.2 Å². The van der Waals surface area contributed by atoms with E-state index in [4.69, 9.17) is 0 Å². The maximum Gasteiger partial charge on any atom is 0.255 e. The van der Waals surface area contributed by atoms with Gasteiger partial charge in [-0.1, -0.05) is 6.07 Å². The third-order valence-corrected chi connectivity index (χ3v) is 6.27. The predicted molar refractivity (Wildman–Crippen MR) is 119 cm³/mol. The molecule has 0 radical (unpaired) electrons. The number of carbonyl (C=O) groups is 2. The van der Waals surface area contributed by atoms with E-state index in [1.807, 2.05) is 17.0 Å². The number of hydrogen-bond acceptors (Lipinski definition) is 5. The first-order chi connectivity index (χ1) is 14.5. The fourth-order valence-corrected chi connectivity index (χ4v) is 4.70. The fraction of sp³-hybridized carbons (Fsp3) is 0.458. The molecule has 2 aliphatic rings. The molecule has 0 spiro atoms. The first kappa shape index (κ1) is 20.4. The smallest absolute Gasteiger partial charge is 0.255 e. The van der Waals surface area contributed by atoms with Crippen LogP contribution in [0.2, 0.25) is 0 Å². The first-order valence-electron chi connectivity index (χ1n) is 10.8. The van der Waals surface area contributed by atoms with Gasteiger partial charge in [0.05, 0.1) is 11.6 Å². The van der Waals surface area contributed by atoms with E-state index in [0.717, 1.165) is 38.0 Å². The Balaban J connectivity index is 1.40. The number of nitrogens with zero attached hydrogens (tertiary/aromatic N) is 4. The summed E-state index contributed by atoms with van der Waals surface area (Å²) in [5, 5.41) is 0. The van der Waals surface area contributed by atoms with Crippen molar-refractivity contribution in [2.75, 3.05) is 36.0 Å². The van der Waals surface area contributed by atoms with Gasteiger partial charge in [-0.2, -0.15) is 0 Å². The maximum absolute atomic E-state index is 13.0. The summed E-state index contributed by atoms with van der Waals surface area (Å²) < 4.78 is 0. The standard InChI is InChI=1S/C24H30N4O2/c1-17-12-18(2)14-22(13-17)26-8-10-27(11-9-26)24(30)20-5-7-23(25-15-20)28-19(3)4-6-21(28)16-29/h5,7,12-16,19,21H,4,6,8-11H2,1-3H3. The zero-order valence-corrected chi connectivity index (χ0v) is 18.0. The number of anilines is 2. The van der Waals surface area contributed by atoms with Gasteiger partial charge in [0.1, 0.15) is 12.1 Å². The Morgan fingerprint density at radius 3 is 2.33 bits per heavy atom. The van der Waals surface area contributed by atoms with Crippen LogP contribution in [0.4, 0.5) is 11.5 Å². The molecule has 4 rings (SSSR count). The number of piperazine rings is 1. The molecule has 158 valence electrons. The van der Waals surface area contributed by atoms with Gasteiger partial charge in [-0.15, -0.1) is 0 Å². The van der Waals surface area contributed by atoms with Crippen molar-refractivity contribution in [2.24, 2.45) is 0 Å². The molecule has 2 saturated heterocycles. The molecule has 2 atom stereocenters. The zero-order chi connectivity index (χ0) is 21.3. The van der Waals surface area contributed by atoms with Gasteiger partial charge in [0.15, 0.2) is 0 Å². The molecule has 3 heterocycles. The monoisotopic (exact) mass is 406 g/mol. The van der Waals surface area contributed by atoms with Crippen LogP contribution in [0.5, 0.6) is 0 Å². The third kappa shape index (κ3) is 4.04. The molecule has 2 aliphatic heterocycles. The molecule has 6 heteroatoms. The van der Waals surface area contributed by atoms with Crippen LogP contribution in [0.25, 0.3) is 0 Å². The summed E-state index contributed by atoms with van der Waals surface area (Å²) in [6, 6.07) is 10.5. The van der Waals surface area contributed by atoms with Crippen LogP contribution < -0.4 is 9.80 Å². The molecule has 1 amide bonds. The molecule has 1 aromatic heterocycles. The highest BCUT2D eigenvalue weighted by atomic mass is 16.2. The second-order valence-corrected chi connectivity index (χ2v) is 8.57. The number of aryl methyl sites for hydroxylation is 2. The highest BCUT2D eigenvalue weighted by Crippen LogP contribution is 2.28. The van der Waals surface area contributed by atoms with Gasteiger partial charge < -0.3 is 19.5 Å². The lowest BCUT2D eigenvalue weighted by Gasteiger charge is -2.36. The van der Waals surface area contributed by atoms with Crippen LogP contribution >= 0.6 is 0 Å². The van der Waals surface area contributed by atoms with E-state index in [1.165, 1.54) is 16.8 Å². The summed E-state index contributed by atoms with van der Waals surface area (Å²) in [4.78, 5) is 35.1. The van der Waals surface area contributed by atoms with Crippen molar-refractivity contribution in [1.29, 1.82) is 0 Å². The van der Waals surface area contributed by atoms with Gasteiger partial charge in [-0.25, -0.2) is 4.98 Å². The Hall–Kier alpha value is -2.89. The van der Waals surface area contributed by atoms with Crippen LogP contribution in [0, 0.1) is 13.8 Å². The van der Waals surface area contributed by atoms with Gasteiger partial charge in [0.25, 0.3) is 5.91 Å². The van der Waals surface area contributed by atoms with Crippen LogP contribution in [-0.4, -0.2) is 60.3 Å². The van der Waals surface area contributed by atoms with E-state index in [0.29, 0.717) is 18.7 Å². The number of hydrogen-bond donors (Lipinski definition) is 0. The first-order valence-corrected chi connectivity index (χ1v) is 10.8. The Labute approximate surface area is 178 Å². The van der Waals surface area contributed by atoms with Crippen molar-refractivity contribution in [2.45, 2.75) is 45.7 Å². The topological polar surface area (TPSA) is 56.8 Å². The number of pyridine rings is 1. The minimum absolute atomic E-state index is 0.0236. The molecular weight excluding hydrogens is 376 g/mol. The third-order valence-electron chi connectivity index (χ3n) is 6.27. The lowest BCUT2D eigenvalue weighted by molar-refractivity contribution is -0.108. The van der Waals surface area contributed by atoms with Crippen LogP contribution in [-0.2, 0) is 4.79 Å². The molecule has 0 N–H and O–H groups in total. The van der Waals surface area contributed by atoms with E-state index in [9.17, 15) is 9.59 Å². The number of rotatable bonds is 4. The SMILES string of the molecule is Cc1cc(C)cc(N2CCN(C(=O)c3ccc(N4C(C)CCC4C=O)nc3)CC2)c1. The van der Waals surface area contributed by atoms with Crippen molar-refractivity contribution in [3.8, 4) is 0 Å². The number of benzene rings is 1. The fourth-order valence-electron chi connectivity index (χ4n) is 4.70. The maximum atomic E-state index is 13.0. The summed E-state index contributed by atoms with van der Waals surface area (Å²) in [6.45, 7) is 9.40. The van der Waals surface area contributed by atoms with Gasteiger partial charge >= 0.3 is 0 Å². The molecule has 2 fully saturated rings. The molecule has 0 bridgehead atoms. The summed E-state index contributed by atoms with van der Waals surface area (Å²) in [5.74, 6) is 0.795. The Bertz CT molecular complexity index is 899. The molecule has 2 unspecified atom stereocenters. The van der Waals surface area contributed by atoms with Crippen molar-refractivity contribution < 1.29 is 9.59 Å². The Kier molecular flexibility index (Phi) is 5.75. The highest BCUT2D eigenvalue weighted by Gasteiger charge is 2.31. The number of aromatic nitrogens is 1. The second kappa shape index (κ2) is 8.46. The molecule has 0 saturated carbocycles. The minimum Gasteiger partial charge on any atom is -0.368 e. The molecule has 0 aliphatic carbocycles. The summed E-state index contributed by atoms with van der Waals surface area (Å²) in [5.41, 5.74) is 4.36.